The molecule has 0 radical (unpaired) electrons. The van der Waals surface area contributed by atoms with Gasteiger partial charge in [-0.05, 0) is 19.3 Å². The van der Waals surface area contributed by atoms with Crippen molar-refractivity contribution in [2.45, 2.75) is 33.1 Å². The summed E-state index contributed by atoms with van der Waals surface area (Å²) in [6.45, 7) is 8.53. The highest BCUT2D eigenvalue weighted by Gasteiger charge is 2.48. The van der Waals surface area contributed by atoms with Crippen molar-refractivity contribution in [2.24, 2.45) is 11.3 Å². The molecule has 6 nitrogen and oxygen atoms in total. The Morgan fingerprint density at radius 3 is 2.59 bits per heavy atom. The third-order valence-corrected chi connectivity index (χ3v) is 4.46. The first-order chi connectivity index (χ1) is 10.2. The van der Waals surface area contributed by atoms with Gasteiger partial charge in [-0.15, -0.1) is 0 Å². The molecule has 6 heteroatoms. The second-order valence-corrected chi connectivity index (χ2v) is 6.97. The largest absolute Gasteiger partial charge is 0.469 e. The number of methoxy groups -OCH3 is 1. The molecule has 1 atom stereocenters. The Labute approximate surface area is 130 Å². The minimum absolute atomic E-state index is 0.0486. The van der Waals surface area contributed by atoms with Crippen LogP contribution in [0.25, 0.3) is 0 Å². The van der Waals surface area contributed by atoms with Crippen LogP contribution in [-0.4, -0.2) is 46.9 Å². The van der Waals surface area contributed by atoms with Gasteiger partial charge in [0.15, 0.2) is 0 Å². The van der Waals surface area contributed by atoms with Crippen LogP contribution in [0, 0.1) is 11.3 Å². The van der Waals surface area contributed by atoms with Gasteiger partial charge >= 0.3 is 5.97 Å². The smallest absolute Gasteiger partial charge is 0.311 e. The number of carbonyl (C=O) groups excluding carboxylic acids is 2. The van der Waals surface area contributed by atoms with Gasteiger partial charge < -0.3 is 9.64 Å². The zero-order valence-electron chi connectivity index (χ0n) is 13.8. The predicted octanol–water partition coefficient (Wildman–Crippen LogP) is 1.41. The van der Waals surface area contributed by atoms with Gasteiger partial charge in [0.25, 0.3) is 0 Å². The number of hydrogen-bond donors (Lipinski definition) is 0. The van der Waals surface area contributed by atoms with Gasteiger partial charge in [-0.1, -0.05) is 13.8 Å². The van der Waals surface area contributed by atoms with Crippen LogP contribution in [0.15, 0.2) is 18.6 Å². The lowest BCUT2D eigenvalue weighted by atomic mass is 9.82. The van der Waals surface area contributed by atoms with Gasteiger partial charge in [0.2, 0.25) is 5.91 Å². The lowest BCUT2D eigenvalue weighted by Gasteiger charge is -2.29. The second kappa shape index (κ2) is 5.66. The van der Waals surface area contributed by atoms with Crippen LogP contribution in [0.1, 0.15) is 33.4 Å². The summed E-state index contributed by atoms with van der Waals surface area (Å²) in [6, 6.07) is 0. The maximum atomic E-state index is 12.9. The molecule has 1 aliphatic heterocycles. The fraction of sp³-hybridized carbons (Fsp3) is 0.625. The number of aromatic nitrogens is 2. The fourth-order valence-corrected chi connectivity index (χ4v) is 2.95. The van der Waals surface area contributed by atoms with E-state index < -0.39 is 5.41 Å². The Hall–Kier alpha value is -1.98. The summed E-state index contributed by atoms with van der Waals surface area (Å²) in [5.41, 5.74) is -0.462. The average Bonchev–Trinajstić information content (AvgIpc) is 2.82. The Morgan fingerprint density at radius 2 is 2.05 bits per heavy atom. The van der Waals surface area contributed by atoms with Crippen LogP contribution in [0.4, 0.5) is 0 Å². The maximum absolute atomic E-state index is 12.9. The Balaban J connectivity index is 2.22. The zero-order chi connectivity index (χ0) is 16.5. The summed E-state index contributed by atoms with van der Waals surface area (Å²) in [6.07, 6.45) is 4.77. The van der Waals surface area contributed by atoms with Crippen LogP contribution in [-0.2, 0) is 19.7 Å². The molecular weight excluding hydrogens is 282 g/mol. The highest BCUT2D eigenvalue weighted by molar-refractivity contribution is 5.88. The summed E-state index contributed by atoms with van der Waals surface area (Å²) in [7, 11) is 1.38. The number of carbonyl (C=O) groups is 2. The summed E-state index contributed by atoms with van der Waals surface area (Å²) < 4.78 is 4.87. The molecule has 1 saturated heterocycles. The molecule has 1 aliphatic rings. The van der Waals surface area contributed by atoms with Crippen LogP contribution in [0.5, 0.6) is 0 Å². The lowest BCUT2D eigenvalue weighted by molar-refractivity contribution is -0.147. The van der Waals surface area contributed by atoms with E-state index in [0.717, 1.165) is 0 Å². The Morgan fingerprint density at radius 1 is 1.36 bits per heavy atom. The molecule has 120 valence electrons. The quantitative estimate of drug-likeness (QED) is 0.790. The van der Waals surface area contributed by atoms with E-state index >= 15 is 0 Å². The first-order valence-electron chi connectivity index (χ1n) is 7.34. The van der Waals surface area contributed by atoms with Crippen LogP contribution >= 0.6 is 0 Å². The molecule has 1 aromatic rings. The summed E-state index contributed by atoms with van der Waals surface area (Å²) in [4.78, 5) is 34.9. The maximum Gasteiger partial charge on any atom is 0.311 e. The van der Waals surface area contributed by atoms with E-state index in [0.29, 0.717) is 18.8 Å². The highest BCUT2D eigenvalue weighted by atomic mass is 16.5. The average molecular weight is 305 g/mol. The van der Waals surface area contributed by atoms with Crippen LogP contribution in [0.2, 0.25) is 0 Å². The number of hydrogen-bond acceptors (Lipinski definition) is 5. The minimum atomic E-state index is -0.782. The molecule has 1 aromatic heterocycles. The number of rotatable bonds is 3. The minimum Gasteiger partial charge on any atom is -0.469 e. The number of amides is 1. The van der Waals surface area contributed by atoms with Crippen molar-refractivity contribution < 1.29 is 14.3 Å². The number of likely N-dealkylation sites (tertiary alicyclic amines) is 1. The second-order valence-electron chi connectivity index (χ2n) is 6.97. The molecule has 2 rings (SSSR count). The molecule has 1 unspecified atom stereocenters. The van der Waals surface area contributed by atoms with E-state index in [1.54, 1.807) is 23.5 Å². The molecular formula is C16H23N3O3. The van der Waals surface area contributed by atoms with E-state index in [1.807, 2.05) is 27.7 Å². The number of esters is 1. The van der Waals surface area contributed by atoms with E-state index in [2.05, 4.69) is 9.97 Å². The van der Waals surface area contributed by atoms with Gasteiger partial charge in [-0.3, -0.25) is 19.6 Å². The molecule has 0 saturated carbocycles. The van der Waals surface area contributed by atoms with Gasteiger partial charge in [0.1, 0.15) is 0 Å². The summed E-state index contributed by atoms with van der Waals surface area (Å²) in [5.74, 6) is -0.621. The fourth-order valence-electron chi connectivity index (χ4n) is 2.95. The Bertz CT molecular complexity index is 569. The normalized spacial score (nSPS) is 20.8. The molecule has 0 spiro atoms. The zero-order valence-corrected chi connectivity index (χ0v) is 13.8. The van der Waals surface area contributed by atoms with Crippen molar-refractivity contribution in [1.82, 2.24) is 14.9 Å². The van der Waals surface area contributed by atoms with E-state index in [1.165, 1.54) is 7.11 Å². The van der Waals surface area contributed by atoms with Crippen molar-refractivity contribution in [2.75, 3.05) is 20.2 Å². The van der Waals surface area contributed by atoms with Gasteiger partial charge in [-0.25, -0.2) is 0 Å². The van der Waals surface area contributed by atoms with Crippen LogP contribution in [0.3, 0.4) is 0 Å². The number of nitrogens with zero attached hydrogens (tertiary/aromatic N) is 3. The van der Waals surface area contributed by atoms with E-state index in [9.17, 15) is 9.59 Å². The topological polar surface area (TPSA) is 72.4 Å². The predicted molar refractivity (Wildman–Crippen MR) is 80.9 cm³/mol. The molecule has 1 amide bonds. The molecule has 0 aliphatic carbocycles. The molecule has 0 aromatic carbocycles. The van der Waals surface area contributed by atoms with Gasteiger partial charge in [0, 0.05) is 31.7 Å². The molecule has 22 heavy (non-hydrogen) atoms. The monoisotopic (exact) mass is 305 g/mol. The van der Waals surface area contributed by atoms with E-state index in [-0.39, 0.29) is 23.2 Å². The van der Waals surface area contributed by atoms with Crippen molar-refractivity contribution in [3.05, 3.63) is 24.3 Å². The van der Waals surface area contributed by atoms with E-state index in [4.69, 9.17) is 4.74 Å². The van der Waals surface area contributed by atoms with Crippen LogP contribution < -0.4 is 0 Å². The van der Waals surface area contributed by atoms with Crippen molar-refractivity contribution in [3.63, 3.8) is 0 Å². The van der Waals surface area contributed by atoms with Crippen molar-refractivity contribution in [3.8, 4) is 0 Å². The molecule has 0 bridgehead atoms. The van der Waals surface area contributed by atoms with Gasteiger partial charge in [-0.2, -0.15) is 0 Å². The Kier molecular flexibility index (Phi) is 4.22. The number of ether oxygens (including phenoxy) is 1. The third-order valence-electron chi connectivity index (χ3n) is 4.46. The standard InChI is InChI=1S/C16H23N3O3/c1-15(2)10-19(9-11(15)13(20)22-5)14(21)16(3,4)12-8-17-6-7-18-12/h6-8,11H,9-10H2,1-5H3. The SMILES string of the molecule is COC(=O)C1CN(C(=O)C(C)(C)c2cnccn2)CC1(C)C. The summed E-state index contributed by atoms with van der Waals surface area (Å²) >= 11 is 0. The molecule has 0 N–H and O–H groups in total. The van der Waals surface area contributed by atoms with Crippen molar-refractivity contribution >= 4 is 11.9 Å². The lowest BCUT2D eigenvalue weighted by Crippen LogP contribution is -2.43. The van der Waals surface area contributed by atoms with Crippen molar-refractivity contribution in [1.29, 1.82) is 0 Å². The first-order valence-corrected chi connectivity index (χ1v) is 7.34. The van der Waals surface area contributed by atoms with Gasteiger partial charge in [0.05, 0.1) is 24.1 Å². The first kappa shape index (κ1) is 16.4. The summed E-state index contributed by atoms with van der Waals surface area (Å²) in [5, 5.41) is 0. The molecule has 1 fully saturated rings. The molecule has 2 heterocycles. The third kappa shape index (κ3) is 2.82. The highest BCUT2D eigenvalue weighted by Crippen LogP contribution is 2.38.